The van der Waals surface area contributed by atoms with E-state index in [1.165, 1.54) is 37.7 Å². The van der Waals surface area contributed by atoms with E-state index < -0.39 is 0 Å². The summed E-state index contributed by atoms with van der Waals surface area (Å²) in [6.07, 6.45) is 13.5. The van der Waals surface area contributed by atoms with Crippen LogP contribution in [0.15, 0.2) is 53.9 Å². The number of allylic oxidation sites excluding steroid dienone is 1. The second-order valence-corrected chi connectivity index (χ2v) is 9.32. The zero-order chi connectivity index (χ0) is 22.6. The fourth-order valence-corrected chi connectivity index (χ4v) is 5.56. The third-order valence-electron chi connectivity index (χ3n) is 7.32. The normalized spacial score (nSPS) is 22.5. The molecule has 3 heterocycles. The van der Waals surface area contributed by atoms with Gasteiger partial charge < -0.3 is 21.4 Å². The number of fused-ring (bicyclic) bond motifs is 1. The molecule has 3 aromatic rings. The molecule has 0 bridgehead atoms. The molecule has 2 aliphatic rings. The minimum atomic E-state index is 0.426. The fraction of sp³-hybridized carbons (Fsp3) is 0.423. The van der Waals surface area contributed by atoms with Crippen molar-refractivity contribution in [2.75, 3.05) is 18.8 Å². The minimum absolute atomic E-state index is 0.426. The number of rotatable bonds is 6. The summed E-state index contributed by atoms with van der Waals surface area (Å²) in [7, 11) is 0. The molecular weight excluding hydrogens is 410 g/mol. The maximum Gasteiger partial charge on any atom is 0.146 e. The largest absolute Gasteiger partial charge is 0.398 e. The average Bonchev–Trinajstić information content (AvgIpc) is 3.49. The summed E-state index contributed by atoms with van der Waals surface area (Å²) in [5.41, 5.74) is 16.4. The predicted octanol–water partition coefficient (Wildman–Crippen LogP) is 3.92. The maximum absolute atomic E-state index is 6.50. The molecule has 2 fully saturated rings. The van der Waals surface area contributed by atoms with Crippen molar-refractivity contribution in [3.8, 4) is 0 Å². The van der Waals surface area contributed by atoms with Gasteiger partial charge in [-0.3, -0.25) is 4.99 Å². The summed E-state index contributed by atoms with van der Waals surface area (Å²) in [6, 6.07) is 10.6. The molecule has 2 aromatic heterocycles. The summed E-state index contributed by atoms with van der Waals surface area (Å²) < 4.78 is 2.30. The number of nitrogens with zero attached hydrogens (tertiary/aromatic N) is 4. The minimum Gasteiger partial charge on any atom is -0.398 e. The lowest BCUT2D eigenvalue weighted by Crippen LogP contribution is -2.31. The molecule has 0 amide bonds. The molecule has 1 aliphatic carbocycles. The molecule has 1 aromatic carbocycles. The van der Waals surface area contributed by atoms with Gasteiger partial charge in [-0.1, -0.05) is 30.3 Å². The average molecular weight is 444 g/mol. The molecule has 7 heteroatoms. The van der Waals surface area contributed by atoms with Crippen molar-refractivity contribution < 1.29 is 0 Å². The van der Waals surface area contributed by atoms with Crippen molar-refractivity contribution in [3.05, 3.63) is 60.1 Å². The van der Waals surface area contributed by atoms with E-state index in [2.05, 4.69) is 43.2 Å². The number of nitrogen functional groups attached to an aromatic ring is 1. The number of hydrogen-bond acceptors (Lipinski definition) is 6. The molecule has 0 spiro atoms. The van der Waals surface area contributed by atoms with Crippen LogP contribution in [0.2, 0.25) is 0 Å². The van der Waals surface area contributed by atoms with E-state index in [1.807, 2.05) is 24.3 Å². The lowest BCUT2D eigenvalue weighted by atomic mass is 9.84. The Hall–Kier alpha value is -3.19. The van der Waals surface area contributed by atoms with Crippen LogP contribution in [0, 0.1) is 11.8 Å². The highest BCUT2D eigenvalue weighted by atomic mass is 15.1. The second-order valence-electron chi connectivity index (χ2n) is 9.32. The molecule has 5 N–H and O–H groups in total. The highest BCUT2D eigenvalue weighted by Crippen LogP contribution is 2.43. The Morgan fingerprint density at radius 2 is 1.91 bits per heavy atom. The highest BCUT2D eigenvalue weighted by molar-refractivity contribution is 5.99. The lowest BCUT2D eigenvalue weighted by molar-refractivity contribution is 0.257. The van der Waals surface area contributed by atoms with Crippen molar-refractivity contribution in [2.24, 2.45) is 22.6 Å². The van der Waals surface area contributed by atoms with Crippen LogP contribution in [0.3, 0.4) is 0 Å². The van der Waals surface area contributed by atoms with Crippen molar-refractivity contribution in [2.45, 2.75) is 44.7 Å². The molecule has 1 saturated carbocycles. The van der Waals surface area contributed by atoms with Gasteiger partial charge in [0.05, 0.1) is 11.9 Å². The number of hydrogen-bond donors (Lipinski definition) is 3. The van der Waals surface area contributed by atoms with E-state index in [0.717, 1.165) is 41.5 Å². The van der Waals surface area contributed by atoms with Gasteiger partial charge in [0.1, 0.15) is 17.8 Å². The van der Waals surface area contributed by atoms with Crippen molar-refractivity contribution in [1.29, 1.82) is 0 Å². The van der Waals surface area contributed by atoms with Gasteiger partial charge in [-0.15, -0.1) is 0 Å². The van der Waals surface area contributed by atoms with Gasteiger partial charge in [0.25, 0.3) is 0 Å². The molecule has 5 rings (SSSR count). The first-order valence-electron chi connectivity index (χ1n) is 12.0. The summed E-state index contributed by atoms with van der Waals surface area (Å²) in [6.45, 7) is 2.93. The van der Waals surface area contributed by atoms with Gasteiger partial charge in [-0.05, 0) is 68.7 Å². The van der Waals surface area contributed by atoms with Crippen LogP contribution < -0.4 is 16.8 Å². The van der Waals surface area contributed by atoms with Crippen LogP contribution >= 0.6 is 0 Å². The van der Waals surface area contributed by atoms with Gasteiger partial charge >= 0.3 is 0 Å². The van der Waals surface area contributed by atoms with E-state index in [4.69, 9.17) is 11.5 Å². The van der Waals surface area contributed by atoms with Crippen LogP contribution in [0.1, 0.15) is 49.3 Å². The summed E-state index contributed by atoms with van der Waals surface area (Å²) in [5, 5.41) is 4.33. The van der Waals surface area contributed by atoms with Gasteiger partial charge in [0.15, 0.2) is 0 Å². The first-order chi connectivity index (χ1) is 16.2. The lowest BCUT2D eigenvalue weighted by Gasteiger charge is -2.28. The van der Waals surface area contributed by atoms with Crippen LogP contribution in [0.5, 0.6) is 0 Å². The topological polar surface area (TPSA) is 107 Å². The van der Waals surface area contributed by atoms with E-state index in [9.17, 15) is 0 Å². The van der Waals surface area contributed by atoms with E-state index >= 15 is 0 Å². The van der Waals surface area contributed by atoms with E-state index in [-0.39, 0.29) is 0 Å². The Morgan fingerprint density at radius 1 is 1.09 bits per heavy atom. The first kappa shape index (κ1) is 21.6. The predicted molar refractivity (Wildman–Crippen MR) is 135 cm³/mol. The highest BCUT2D eigenvalue weighted by Gasteiger charge is 2.33. The van der Waals surface area contributed by atoms with E-state index in [1.54, 1.807) is 12.5 Å². The van der Waals surface area contributed by atoms with Crippen molar-refractivity contribution in [1.82, 2.24) is 19.9 Å². The standard InChI is InChI=1S/C26H33N7/c27-23(10-13-30-15-18-4-2-1-3-5-18)22-16-33(26-24(22)25(28)31-17-32-26)21-7-6-20(14-21)19-8-11-29-12-9-19/h1-5,10,13,16-17,19-21,29H,6-9,11-12,14-15,27H2,(H2,28,31,32)/b23-10-,30-13?. The molecule has 0 radical (unpaired) electrons. The summed E-state index contributed by atoms with van der Waals surface area (Å²) >= 11 is 0. The Labute approximate surface area is 195 Å². The monoisotopic (exact) mass is 443 g/mol. The number of piperidine rings is 1. The Bertz CT molecular complexity index is 1140. The SMILES string of the molecule is N/C(=C\C=NCc1ccccc1)c1cn(C2CCC(C3CCNCC3)C2)c2ncnc(N)c12. The zero-order valence-electron chi connectivity index (χ0n) is 19.0. The number of anilines is 1. The smallest absolute Gasteiger partial charge is 0.146 e. The molecular formula is C26H33N7. The number of aliphatic imine (C=N–C) groups is 1. The molecule has 1 aliphatic heterocycles. The molecule has 172 valence electrons. The number of benzene rings is 1. The first-order valence-corrected chi connectivity index (χ1v) is 12.0. The Kier molecular flexibility index (Phi) is 6.39. The molecule has 1 saturated heterocycles. The van der Waals surface area contributed by atoms with Gasteiger partial charge in [-0.2, -0.15) is 0 Å². The molecule has 2 atom stereocenters. The van der Waals surface area contributed by atoms with E-state index in [0.29, 0.717) is 24.1 Å². The molecule has 33 heavy (non-hydrogen) atoms. The third kappa shape index (κ3) is 4.64. The Balaban J connectivity index is 1.38. The summed E-state index contributed by atoms with van der Waals surface area (Å²) in [4.78, 5) is 13.4. The van der Waals surface area contributed by atoms with Gasteiger partial charge in [0, 0.05) is 29.7 Å². The second kappa shape index (κ2) is 9.75. The summed E-state index contributed by atoms with van der Waals surface area (Å²) in [5.74, 6) is 2.09. The van der Waals surface area contributed by atoms with Crippen LogP contribution in [-0.2, 0) is 6.54 Å². The maximum atomic E-state index is 6.50. The van der Waals surface area contributed by atoms with Crippen LogP contribution in [0.4, 0.5) is 5.82 Å². The molecule has 7 nitrogen and oxygen atoms in total. The number of nitrogens with one attached hydrogen (secondary N) is 1. The zero-order valence-corrected chi connectivity index (χ0v) is 19.0. The van der Waals surface area contributed by atoms with Gasteiger partial charge in [-0.25, -0.2) is 9.97 Å². The molecule has 2 unspecified atom stereocenters. The fourth-order valence-electron chi connectivity index (χ4n) is 5.56. The van der Waals surface area contributed by atoms with Crippen molar-refractivity contribution >= 4 is 28.8 Å². The quantitative estimate of drug-likeness (QED) is 0.501. The van der Waals surface area contributed by atoms with Crippen molar-refractivity contribution in [3.63, 3.8) is 0 Å². The Morgan fingerprint density at radius 3 is 2.73 bits per heavy atom. The van der Waals surface area contributed by atoms with Crippen LogP contribution in [0.25, 0.3) is 16.7 Å². The third-order valence-corrected chi connectivity index (χ3v) is 7.32. The number of nitrogens with two attached hydrogens (primary N) is 2. The van der Waals surface area contributed by atoms with Gasteiger partial charge in [0.2, 0.25) is 0 Å². The number of aromatic nitrogens is 3. The van der Waals surface area contributed by atoms with Crippen LogP contribution in [-0.4, -0.2) is 33.8 Å².